The van der Waals surface area contributed by atoms with Gasteiger partial charge >= 0.3 is 18.4 Å². The molecule has 22 heavy (non-hydrogen) atoms. The van der Waals surface area contributed by atoms with Gasteiger partial charge in [0.2, 0.25) is 0 Å². The molecule has 0 aromatic heterocycles. The molecule has 2 rings (SSSR count). The lowest BCUT2D eigenvalue weighted by molar-refractivity contribution is -0.166. The summed E-state index contributed by atoms with van der Waals surface area (Å²) >= 11 is 0. The second-order valence-electron chi connectivity index (χ2n) is 5.64. The lowest BCUT2D eigenvalue weighted by atomic mass is 9.82. The first-order valence-corrected chi connectivity index (χ1v) is 7.16. The number of alkyl halides is 4. The Labute approximate surface area is 125 Å². The molecule has 0 radical (unpaired) electrons. The molecule has 1 aliphatic carbocycles. The molecule has 1 heterocycles. The van der Waals surface area contributed by atoms with Gasteiger partial charge in [-0.2, -0.15) is 8.78 Å². The first-order chi connectivity index (χ1) is 10.3. The average Bonchev–Trinajstić information content (AvgIpc) is 2.67. The number of ether oxygens (including phenoxy) is 1. The van der Waals surface area contributed by atoms with Crippen molar-refractivity contribution >= 4 is 11.9 Å². The molecule has 2 aliphatic rings. The molecule has 1 N–H and O–H groups in total. The molecule has 1 aliphatic heterocycles. The zero-order valence-corrected chi connectivity index (χ0v) is 11.9. The standard InChI is InChI=1S/C13H18F4N2O3/c14-9(15)13(16,17)8-22-7-6-19-10(20)12(18-11(19)21)4-2-1-3-5-12/h9H,1-8H2,(H,18,21). The number of carbonyl (C=O) groups excluding carboxylic acids is 2. The number of nitrogens with one attached hydrogen (secondary N) is 1. The predicted octanol–water partition coefficient (Wildman–Crippen LogP) is 2.16. The second kappa shape index (κ2) is 6.39. The lowest BCUT2D eigenvalue weighted by Crippen LogP contribution is -2.48. The summed E-state index contributed by atoms with van der Waals surface area (Å²) in [6, 6.07) is -0.587. The molecular formula is C13H18F4N2O3. The van der Waals surface area contributed by atoms with Crippen LogP contribution in [-0.4, -0.2) is 54.5 Å². The van der Waals surface area contributed by atoms with E-state index < -0.39 is 37.1 Å². The Hall–Kier alpha value is -1.38. The van der Waals surface area contributed by atoms with Gasteiger partial charge in [-0.1, -0.05) is 19.3 Å². The highest BCUT2D eigenvalue weighted by molar-refractivity contribution is 6.07. The highest BCUT2D eigenvalue weighted by Crippen LogP contribution is 2.33. The van der Waals surface area contributed by atoms with Crippen LogP contribution in [0.5, 0.6) is 0 Å². The maximum atomic E-state index is 12.7. The molecule has 0 unspecified atom stereocenters. The number of halogens is 4. The summed E-state index contributed by atoms with van der Waals surface area (Å²) in [5.41, 5.74) is -0.887. The molecule has 1 saturated carbocycles. The molecule has 0 bridgehead atoms. The normalized spacial score (nSPS) is 21.8. The van der Waals surface area contributed by atoms with Crippen molar-refractivity contribution in [3.8, 4) is 0 Å². The topological polar surface area (TPSA) is 58.6 Å². The number of imide groups is 1. The molecule has 2 fully saturated rings. The average molecular weight is 326 g/mol. The molecule has 0 atom stereocenters. The molecule has 1 spiro atoms. The number of hydrogen-bond donors (Lipinski definition) is 1. The van der Waals surface area contributed by atoms with E-state index >= 15 is 0 Å². The van der Waals surface area contributed by atoms with Crippen molar-refractivity contribution in [1.82, 2.24) is 10.2 Å². The smallest absolute Gasteiger partial charge is 0.330 e. The van der Waals surface area contributed by atoms with Crippen LogP contribution in [0.2, 0.25) is 0 Å². The predicted molar refractivity (Wildman–Crippen MR) is 67.8 cm³/mol. The summed E-state index contributed by atoms with van der Waals surface area (Å²) in [4.78, 5) is 25.0. The molecule has 3 amide bonds. The summed E-state index contributed by atoms with van der Waals surface area (Å²) in [5.74, 6) is -4.62. The Morgan fingerprint density at radius 1 is 1.23 bits per heavy atom. The van der Waals surface area contributed by atoms with E-state index in [1.165, 1.54) is 0 Å². The zero-order chi connectivity index (χ0) is 16.4. The Morgan fingerprint density at radius 2 is 1.86 bits per heavy atom. The maximum Gasteiger partial charge on any atom is 0.330 e. The van der Waals surface area contributed by atoms with Gasteiger partial charge in [0.1, 0.15) is 12.1 Å². The van der Waals surface area contributed by atoms with Crippen molar-refractivity contribution in [1.29, 1.82) is 0 Å². The van der Waals surface area contributed by atoms with Gasteiger partial charge in [-0.25, -0.2) is 13.6 Å². The molecule has 0 aromatic carbocycles. The van der Waals surface area contributed by atoms with E-state index in [-0.39, 0.29) is 12.5 Å². The highest BCUT2D eigenvalue weighted by Gasteiger charge is 2.51. The van der Waals surface area contributed by atoms with Crippen LogP contribution in [0, 0.1) is 0 Å². The van der Waals surface area contributed by atoms with Gasteiger partial charge in [0, 0.05) is 0 Å². The highest BCUT2D eigenvalue weighted by atomic mass is 19.3. The third kappa shape index (κ3) is 3.34. The molecule has 1 saturated heterocycles. The third-order valence-corrected chi connectivity index (χ3v) is 4.03. The fraction of sp³-hybridized carbons (Fsp3) is 0.846. The number of nitrogens with zero attached hydrogens (tertiary/aromatic N) is 1. The van der Waals surface area contributed by atoms with Crippen molar-refractivity contribution < 1.29 is 31.9 Å². The van der Waals surface area contributed by atoms with Gasteiger partial charge in [-0.05, 0) is 12.8 Å². The van der Waals surface area contributed by atoms with E-state index in [2.05, 4.69) is 10.1 Å². The number of urea groups is 1. The fourth-order valence-electron chi connectivity index (χ4n) is 2.80. The van der Waals surface area contributed by atoms with E-state index in [4.69, 9.17) is 0 Å². The Kier molecular flexibility index (Phi) is 4.93. The number of carbonyl (C=O) groups is 2. The van der Waals surface area contributed by atoms with Crippen LogP contribution in [-0.2, 0) is 9.53 Å². The minimum Gasteiger partial charge on any atom is -0.373 e. The van der Waals surface area contributed by atoms with Gasteiger partial charge in [-0.3, -0.25) is 9.69 Å². The van der Waals surface area contributed by atoms with Gasteiger partial charge < -0.3 is 10.1 Å². The second-order valence-corrected chi connectivity index (χ2v) is 5.64. The van der Waals surface area contributed by atoms with Gasteiger partial charge in [0.15, 0.2) is 0 Å². The third-order valence-electron chi connectivity index (χ3n) is 4.03. The molecule has 0 aromatic rings. The Bertz CT molecular complexity index is 439. The van der Waals surface area contributed by atoms with Crippen molar-refractivity contribution in [2.75, 3.05) is 19.8 Å². The Balaban J connectivity index is 1.83. The number of hydrogen-bond acceptors (Lipinski definition) is 3. The van der Waals surface area contributed by atoms with E-state index in [0.29, 0.717) is 12.8 Å². The van der Waals surface area contributed by atoms with Gasteiger partial charge in [-0.15, -0.1) is 0 Å². The minimum atomic E-state index is -4.23. The molecule has 5 nitrogen and oxygen atoms in total. The summed E-state index contributed by atoms with van der Waals surface area (Å²) in [7, 11) is 0. The largest absolute Gasteiger partial charge is 0.373 e. The van der Waals surface area contributed by atoms with E-state index in [1.54, 1.807) is 0 Å². The summed E-state index contributed by atoms with van der Waals surface area (Å²) in [6.45, 7) is -2.08. The van der Waals surface area contributed by atoms with Crippen molar-refractivity contribution in [2.45, 2.75) is 50.0 Å². The Morgan fingerprint density at radius 3 is 2.45 bits per heavy atom. The summed E-state index contributed by atoms with van der Waals surface area (Å²) in [5, 5.41) is 2.66. The van der Waals surface area contributed by atoms with E-state index in [0.717, 1.165) is 24.2 Å². The van der Waals surface area contributed by atoms with Crippen LogP contribution in [0.4, 0.5) is 22.4 Å². The lowest BCUT2D eigenvalue weighted by Gasteiger charge is -2.30. The SMILES string of the molecule is O=C1NC2(CCCCC2)C(=O)N1CCOCC(F)(F)C(F)F. The quantitative estimate of drug-likeness (QED) is 0.462. The summed E-state index contributed by atoms with van der Waals surface area (Å²) < 4.78 is 53.7. The maximum absolute atomic E-state index is 12.7. The van der Waals surface area contributed by atoms with Crippen LogP contribution in [0.1, 0.15) is 32.1 Å². The van der Waals surface area contributed by atoms with Crippen LogP contribution >= 0.6 is 0 Å². The first-order valence-electron chi connectivity index (χ1n) is 7.16. The van der Waals surface area contributed by atoms with Crippen molar-refractivity contribution in [3.63, 3.8) is 0 Å². The van der Waals surface area contributed by atoms with Crippen molar-refractivity contribution in [2.24, 2.45) is 0 Å². The van der Waals surface area contributed by atoms with Gasteiger partial charge in [0.05, 0.1) is 13.2 Å². The van der Waals surface area contributed by atoms with Crippen LogP contribution in [0.15, 0.2) is 0 Å². The molecular weight excluding hydrogens is 308 g/mol. The zero-order valence-electron chi connectivity index (χ0n) is 11.9. The monoisotopic (exact) mass is 326 g/mol. The fourth-order valence-corrected chi connectivity index (χ4v) is 2.80. The van der Waals surface area contributed by atoms with E-state index in [1.807, 2.05) is 0 Å². The summed E-state index contributed by atoms with van der Waals surface area (Å²) in [6.07, 6.45) is -0.0451. The number of rotatable bonds is 6. The van der Waals surface area contributed by atoms with Crippen LogP contribution in [0.3, 0.4) is 0 Å². The molecule has 9 heteroatoms. The van der Waals surface area contributed by atoms with Crippen LogP contribution < -0.4 is 5.32 Å². The van der Waals surface area contributed by atoms with Crippen LogP contribution in [0.25, 0.3) is 0 Å². The number of amides is 3. The minimum absolute atomic E-state index is 0.230. The van der Waals surface area contributed by atoms with Crippen molar-refractivity contribution in [3.05, 3.63) is 0 Å². The molecule has 126 valence electrons. The van der Waals surface area contributed by atoms with E-state index in [9.17, 15) is 27.2 Å². The first kappa shape index (κ1) is 17.0. The van der Waals surface area contributed by atoms with Gasteiger partial charge in [0.25, 0.3) is 5.91 Å².